The maximum atomic E-state index is 12.9. The lowest BCUT2D eigenvalue weighted by atomic mass is 9.98. The number of nitrogens with zero attached hydrogens (tertiary/aromatic N) is 2. The van der Waals surface area contributed by atoms with Crippen molar-refractivity contribution in [1.82, 2.24) is 15.2 Å². The van der Waals surface area contributed by atoms with Crippen LogP contribution in [0.5, 0.6) is 0 Å². The molecule has 6 nitrogen and oxygen atoms in total. The summed E-state index contributed by atoms with van der Waals surface area (Å²) in [6, 6.07) is 13.7. The predicted octanol–water partition coefficient (Wildman–Crippen LogP) is 4.25. The third kappa shape index (κ3) is 5.57. The molecule has 1 aromatic heterocycles. The van der Waals surface area contributed by atoms with Crippen molar-refractivity contribution in [3.63, 3.8) is 0 Å². The first-order chi connectivity index (χ1) is 14.8. The van der Waals surface area contributed by atoms with Crippen LogP contribution in [0.15, 0.2) is 48.7 Å². The van der Waals surface area contributed by atoms with Crippen LogP contribution in [-0.2, 0) is 4.74 Å². The SMILES string of the molecule is COCC(C)NC(=O)c1cc(-c2ccc(C)cc2)cc(-c2ncc(C(=O)N(C)C)s2)c1. The molecule has 1 atom stereocenters. The molecule has 1 heterocycles. The average Bonchev–Trinajstić information content (AvgIpc) is 3.23. The molecule has 2 amide bonds. The van der Waals surface area contributed by atoms with E-state index >= 15 is 0 Å². The molecule has 7 heteroatoms. The lowest BCUT2D eigenvalue weighted by molar-refractivity contribution is 0.0831. The second-order valence-corrected chi connectivity index (χ2v) is 8.75. The molecule has 0 spiro atoms. The average molecular weight is 438 g/mol. The van der Waals surface area contributed by atoms with E-state index in [-0.39, 0.29) is 17.9 Å². The van der Waals surface area contributed by atoms with Crippen molar-refractivity contribution in [3.8, 4) is 21.7 Å². The highest BCUT2D eigenvalue weighted by Crippen LogP contribution is 2.31. The Kier molecular flexibility index (Phi) is 7.20. The van der Waals surface area contributed by atoms with Crippen LogP contribution in [0.1, 0.15) is 32.5 Å². The van der Waals surface area contributed by atoms with E-state index in [9.17, 15) is 9.59 Å². The molecular weight excluding hydrogens is 410 g/mol. The van der Waals surface area contributed by atoms with Gasteiger partial charge in [-0.15, -0.1) is 11.3 Å². The van der Waals surface area contributed by atoms with Gasteiger partial charge in [0.15, 0.2) is 0 Å². The van der Waals surface area contributed by atoms with E-state index in [1.165, 1.54) is 16.2 Å². The fourth-order valence-corrected chi connectivity index (χ4v) is 4.05. The summed E-state index contributed by atoms with van der Waals surface area (Å²) in [5.74, 6) is -0.272. The van der Waals surface area contributed by atoms with Crippen molar-refractivity contribution in [2.24, 2.45) is 0 Å². The van der Waals surface area contributed by atoms with Crippen LogP contribution in [0, 0.1) is 6.92 Å². The van der Waals surface area contributed by atoms with Gasteiger partial charge in [-0.25, -0.2) is 4.98 Å². The third-order valence-electron chi connectivity index (χ3n) is 4.74. The molecule has 1 N–H and O–H groups in total. The number of benzene rings is 2. The van der Waals surface area contributed by atoms with Crippen molar-refractivity contribution in [3.05, 3.63) is 64.7 Å². The highest BCUT2D eigenvalue weighted by molar-refractivity contribution is 7.16. The largest absolute Gasteiger partial charge is 0.383 e. The minimum Gasteiger partial charge on any atom is -0.383 e. The first kappa shape index (κ1) is 22.7. The molecule has 0 radical (unpaired) electrons. The van der Waals surface area contributed by atoms with Crippen LogP contribution in [0.4, 0.5) is 0 Å². The van der Waals surface area contributed by atoms with Gasteiger partial charge in [0, 0.05) is 38.4 Å². The number of carbonyl (C=O) groups is 2. The van der Waals surface area contributed by atoms with Crippen molar-refractivity contribution >= 4 is 23.2 Å². The number of hydrogen-bond acceptors (Lipinski definition) is 5. The van der Waals surface area contributed by atoms with Gasteiger partial charge in [0.25, 0.3) is 11.8 Å². The first-order valence-corrected chi connectivity index (χ1v) is 10.8. The van der Waals surface area contributed by atoms with Gasteiger partial charge < -0.3 is 15.0 Å². The molecule has 3 rings (SSSR count). The van der Waals surface area contributed by atoms with Gasteiger partial charge in [-0.3, -0.25) is 9.59 Å². The molecule has 0 bridgehead atoms. The van der Waals surface area contributed by atoms with Crippen LogP contribution >= 0.6 is 11.3 Å². The number of carbonyl (C=O) groups excluding carboxylic acids is 2. The Morgan fingerprint density at radius 2 is 1.77 bits per heavy atom. The topological polar surface area (TPSA) is 71.5 Å². The fraction of sp³-hybridized carbons (Fsp3) is 0.292. The lowest BCUT2D eigenvalue weighted by Gasteiger charge is -2.14. The Balaban J connectivity index is 2.04. The summed E-state index contributed by atoms with van der Waals surface area (Å²) >= 11 is 1.32. The minimum atomic E-state index is -0.180. The maximum absolute atomic E-state index is 12.9. The zero-order valence-electron chi connectivity index (χ0n) is 18.4. The highest BCUT2D eigenvalue weighted by Gasteiger charge is 2.17. The molecule has 1 unspecified atom stereocenters. The zero-order valence-corrected chi connectivity index (χ0v) is 19.2. The number of thiazole rings is 1. The smallest absolute Gasteiger partial charge is 0.265 e. The van der Waals surface area contributed by atoms with Crippen molar-refractivity contribution in [1.29, 1.82) is 0 Å². The zero-order chi connectivity index (χ0) is 22.5. The quantitative estimate of drug-likeness (QED) is 0.600. The maximum Gasteiger partial charge on any atom is 0.265 e. The van der Waals surface area contributed by atoms with Gasteiger partial charge in [0.05, 0.1) is 12.8 Å². The first-order valence-electron chi connectivity index (χ1n) is 9.98. The molecule has 3 aromatic rings. The molecule has 0 aliphatic rings. The van der Waals surface area contributed by atoms with Crippen LogP contribution < -0.4 is 5.32 Å². The fourth-order valence-electron chi connectivity index (χ4n) is 3.12. The molecule has 0 fully saturated rings. The van der Waals surface area contributed by atoms with E-state index in [0.717, 1.165) is 22.3 Å². The lowest BCUT2D eigenvalue weighted by Crippen LogP contribution is -2.35. The van der Waals surface area contributed by atoms with E-state index in [4.69, 9.17) is 4.74 Å². The molecule has 0 saturated heterocycles. The number of ether oxygens (including phenoxy) is 1. The van der Waals surface area contributed by atoms with Gasteiger partial charge >= 0.3 is 0 Å². The van der Waals surface area contributed by atoms with Crippen molar-refractivity contribution in [2.45, 2.75) is 19.9 Å². The van der Waals surface area contributed by atoms with Crippen molar-refractivity contribution in [2.75, 3.05) is 27.8 Å². The number of rotatable bonds is 7. The molecule has 2 aromatic carbocycles. The molecule has 0 saturated carbocycles. The molecule has 31 heavy (non-hydrogen) atoms. The molecule has 0 aliphatic carbocycles. The number of aromatic nitrogens is 1. The summed E-state index contributed by atoms with van der Waals surface area (Å²) in [6.07, 6.45) is 1.58. The minimum absolute atomic E-state index is 0.0928. The summed E-state index contributed by atoms with van der Waals surface area (Å²) in [6.45, 7) is 4.36. The monoisotopic (exact) mass is 437 g/mol. The number of methoxy groups -OCH3 is 1. The van der Waals surface area contributed by atoms with Crippen LogP contribution in [-0.4, -0.2) is 55.6 Å². The number of hydrogen-bond donors (Lipinski definition) is 1. The summed E-state index contributed by atoms with van der Waals surface area (Å²) in [5.41, 5.74) is 4.42. The highest BCUT2D eigenvalue weighted by atomic mass is 32.1. The molecule has 162 valence electrons. The Labute approximate surface area is 186 Å². The van der Waals surface area contributed by atoms with Gasteiger partial charge in [-0.1, -0.05) is 29.8 Å². The van der Waals surface area contributed by atoms with Gasteiger partial charge in [0.1, 0.15) is 9.88 Å². The van der Waals surface area contributed by atoms with E-state index in [0.29, 0.717) is 22.1 Å². The van der Waals surface area contributed by atoms with Crippen LogP contribution in [0.3, 0.4) is 0 Å². The third-order valence-corrected chi connectivity index (χ3v) is 5.78. The van der Waals surface area contributed by atoms with Crippen molar-refractivity contribution < 1.29 is 14.3 Å². The summed E-state index contributed by atoms with van der Waals surface area (Å²) in [4.78, 5) is 31.7. The van der Waals surface area contributed by atoms with Crippen LogP contribution in [0.25, 0.3) is 21.7 Å². The second-order valence-electron chi connectivity index (χ2n) is 7.72. The molecule has 0 aliphatic heterocycles. The second kappa shape index (κ2) is 9.85. The van der Waals surface area contributed by atoms with Crippen LogP contribution in [0.2, 0.25) is 0 Å². The Morgan fingerprint density at radius 3 is 2.42 bits per heavy atom. The Bertz CT molecular complexity index is 1070. The van der Waals surface area contributed by atoms with Gasteiger partial charge in [-0.2, -0.15) is 0 Å². The van der Waals surface area contributed by atoms with E-state index < -0.39 is 0 Å². The Hall–Kier alpha value is -3.03. The van der Waals surface area contributed by atoms with E-state index in [1.807, 2.05) is 56.3 Å². The molecular formula is C24H27N3O3S. The van der Waals surface area contributed by atoms with Gasteiger partial charge in [-0.05, 0) is 43.2 Å². The number of aryl methyl sites for hydroxylation is 1. The number of amides is 2. The summed E-state index contributed by atoms with van der Waals surface area (Å²) < 4.78 is 5.12. The predicted molar refractivity (Wildman–Crippen MR) is 125 cm³/mol. The van der Waals surface area contributed by atoms with E-state index in [2.05, 4.69) is 10.3 Å². The standard InChI is InChI=1S/C24H27N3O3S/c1-15-6-8-17(9-7-15)18-10-19(22(28)26-16(2)14-30-5)12-20(11-18)23-25-13-21(31-23)24(29)27(3)4/h6-13,16H,14H2,1-5H3,(H,26,28). The van der Waals surface area contributed by atoms with Gasteiger partial charge in [0.2, 0.25) is 0 Å². The summed E-state index contributed by atoms with van der Waals surface area (Å²) in [7, 11) is 5.03. The number of nitrogens with one attached hydrogen (secondary N) is 1. The Morgan fingerprint density at radius 1 is 1.10 bits per heavy atom. The van der Waals surface area contributed by atoms with E-state index in [1.54, 1.807) is 27.4 Å². The normalized spacial score (nSPS) is 11.8. The summed E-state index contributed by atoms with van der Waals surface area (Å²) in [5, 5.41) is 3.65.